The summed E-state index contributed by atoms with van der Waals surface area (Å²) in [6.07, 6.45) is 1.78. The van der Waals surface area contributed by atoms with Crippen LogP contribution in [-0.2, 0) is 0 Å². The van der Waals surface area contributed by atoms with Crippen LogP contribution in [0.2, 0.25) is 0 Å². The lowest BCUT2D eigenvalue weighted by molar-refractivity contribution is 0.146. The van der Waals surface area contributed by atoms with Gasteiger partial charge in [-0.3, -0.25) is 0 Å². The van der Waals surface area contributed by atoms with Crippen LogP contribution in [0.3, 0.4) is 0 Å². The number of hydrogen-bond donors (Lipinski definition) is 1. The molecule has 2 fully saturated rings. The Bertz CT molecular complexity index is 555. The van der Waals surface area contributed by atoms with E-state index in [9.17, 15) is 13.2 Å². The third kappa shape index (κ3) is 4.30. The average molecular weight is 385 g/mol. The van der Waals surface area contributed by atoms with Gasteiger partial charge in [0.05, 0.1) is 5.56 Å². The molecule has 1 saturated carbocycles. The second kappa shape index (κ2) is 8.15. The molecular formula is C17H25Cl2F3N2. The second-order valence-corrected chi connectivity index (χ2v) is 7.12. The average Bonchev–Trinajstić information content (AvgIpc) is 2.44. The maximum atomic E-state index is 14.0. The molecule has 1 aromatic carbocycles. The Morgan fingerprint density at radius 1 is 1.17 bits per heavy atom. The highest BCUT2D eigenvalue weighted by atomic mass is 35.5. The van der Waals surface area contributed by atoms with Gasteiger partial charge in [0, 0.05) is 29.9 Å². The summed E-state index contributed by atoms with van der Waals surface area (Å²) in [5.74, 6) is -0.809. The van der Waals surface area contributed by atoms with E-state index in [4.69, 9.17) is 0 Å². The van der Waals surface area contributed by atoms with Crippen molar-refractivity contribution in [3.05, 3.63) is 29.6 Å². The van der Waals surface area contributed by atoms with Gasteiger partial charge < -0.3 is 10.2 Å². The van der Waals surface area contributed by atoms with Crippen molar-refractivity contribution in [3.63, 3.8) is 0 Å². The van der Waals surface area contributed by atoms with E-state index in [-0.39, 0.29) is 30.4 Å². The maximum absolute atomic E-state index is 14.0. The molecule has 2 nitrogen and oxygen atoms in total. The van der Waals surface area contributed by atoms with Gasteiger partial charge in [0.15, 0.2) is 0 Å². The standard InChI is InChI=1S/C17H23F3N2.2ClH/c1-17(2)10-22(15-6-4-3-5-14(15)21-17)11-7-8-12(16(19)20)13(18)9-11;;/h7-9,14-16,21H,3-6,10H2,1-2H3;2*1H/t14-,15-;;/m1../s1. The lowest BCUT2D eigenvalue weighted by atomic mass is 9.83. The molecule has 0 aromatic heterocycles. The van der Waals surface area contributed by atoms with Crippen molar-refractivity contribution in [3.8, 4) is 0 Å². The van der Waals surface area contributed by atoms with Gasteiger partial charge >= 0.3 is 0 Å². The zero-order valence-corrected chi connectivity index (χ0v) is 15.5. The monoisotopic (exact) mass is 384 g/mol. The molecule has 0 bridgehead atoms. The van der Waals surface area contributed by atoms with Crippen LogP contribution < -0.4 is 10.2 Å². The molecule has 7 heteroatoms. The van der Waals surface area contributed by atoms with Crippen LogP contribution in [0.25, 0.3) is 0 Å². The molecule has 0 unspecified atom stereocenters. The van der Waals surface area contributed by atoms with E-state index in [1.807, 2.05) is 0 Å². The number of piperazine rings is 1. The first kappa shape index (κ1) is 21.4. The van der Waals surface area contributed by atoms with Crippen molar-refractivity contribution < 1.29 is 13.2 Å². The number of anilines is 1. The third-order valence-corrected chi connectivity index (χ3v) is 4.82. The summed E-state index contributed by atoms with van der Waals surface area (Å²) >= 11 is 0. The van der Waals surface area contributed by atoms with E-state index in [0.717, 1.165) is 25.8 Å². The first-order valence-electron chi connectivity index (χ1n) is 7.99. The molecule has 1 aliphatic carbocycles. The Hall–Kier alpha value is -0.650. The number of rotatable bonds is 2. The summed E-state index contributed by atoms with van der Waals surface area (Å²) in [4.78, 5) is 2.21. The zero-order chi connectivity index (χ0) is 15.9. The van der Waals surface area contributed by atoms with Crippen molar-refractivity contribution in [2.75, 3.05) is 11.4 Å². The van der Waals surface area contributed by atoms with Crippen LogP contribution in [0, 0.1) is 5.82 Å². The third-order valence-electron chi connectivity index (χ3n) is 4.82. The topological polar surface area (TPSA) is 15.3 Å². The van der Waals surface area contributed by atoms with Gasteiger partial charge in [-0.1, -0.05) is 12.8 Å². The van der Waals surface area contributed by atoms with Crippen LogP contribution >= 0.6 is 24.8 Å². The number of nitrogens with zero attached hydrogens (tertiary/aromatic N) is 1. The molecule has 1 N–H and O–H groups in total. The number of nitrogens with one attached hydrogen (secondary N) is 1. The fraction of sp³-hybridized carbons (Fsp3) is 0.647. The highest BCUT2D eigenvalue weighted by Crippen LogP contribution is 2.35. The fourth-order valence-electron chi connectivity index (χ4n) is 3.90. The van der Waals surface area contributed by atoms with Crippen molar-refractivity contribution in [2.45, 2.75) is 63.6 Å². The van der Waals surface area contributed by atoms with Gasteiger partial charge in [-0.15, -0.1) is 24.8 Å². The van der Waals surface area contributed by atoms with Gasteiger partial charge in [-0.2, -0.15) is 0 Å². The largest absolute Gasteiger partial charge is 0.365 e. The fourth-order valence-corrected chi connectivity index (χ4v) is 3.90. The Morgan fingerprint density at radius 3 is 2.46 bits per heavy atom. The molecule has 0 spiro atoms. The van der Waals surface area contributed by atoms with Crippen LogP contribution in [0.4, 0.5) is 18.9 Å². The number of fused-ring (bicyclic) bond motifs is 1. The van der Waals surface area contributed by atoms with Crippen molar-refractivity contribution in [1.29, 1.82) is 0 Å². The van der Waals surface area contributed by atoms with E-state index in [1.165, 1.54) is 18.6 Å². The van der Waals surface area contributed by atoms with Crippen LogP contribution in [0.15, 0.2) is 18.2 Å². The van der Waals surface area contributed by atoms with Crippen LogP contribution in [-0.4, -0.2) is 24.2 Å². The summed E-state index contributed by atoms with van der Waals surface area (Å²) in [6.45, 7) is 5.02. The van der Waals surface area contributed by atoms with E-state index in [2.05, 4.69) is 24.1 Å². The Balaban J connectivity index is 0.00000144. The minimum Gasteiger partial charge on any atom is -0.365 e. The molecule has 1 saturated heterocycles. The Labute approximate surface area is 154 Å². The van der Waals surface area contributed by atoms with Crippen molar-refractivity contribution in [2.24, 2.45) is 0 Å². The summed E-state index contributed by atoms with van der Waals surface area (Å²) in [5, 5.41) is 3.68. The zero-order valence-electron chi connectivity index (χ0n) is 13.9. The molecular weight excluding hydrogens is 360 g/mol. The molecule has 1 aromatic rings. The van der Waals surface area contributed by atoms with Crippen molar-refractivity contribution in [1.82, 2.24) is 5.32 Å². The van der Waals surface area contributed by atoms with Crippen molar-refractivity contribution >= 4 is 30.5 Å². The minimum absolute atomic E-state index is 0. The first-order valence-corrected chi connectivity index (χ1v) is 7.99. The molecule has 2 atom stereocenters. The molecule has 2 aliphatic rings. The normalized spacial score (nSPS) is 25.5. The van der Waals surface area contributed by atoms with Gasteiger partial charge in [-0.25, -0.2) is 13.2 Å². The molecule has 1 heterocycles. The molecule has 1 aliphatic heterocycles. The molecule has 138 valence electrons. The van der Waals surface area contributed by atoms with Gasteiger partial charge in [0.25, 0.3) is 6.43 Å². The molecule has 24 heavy (non-hydrogen) atoms. The first-order chi connectivity index (χ1) is 10.4. The lowest BCUT2D eigenvalue weighted by Crippen LogP contribution is -2.67. The molecule has 3 rings (SSSR count). The predicted octanol–water partition coefficient (Wildman–Crippen LogP) is 5.11. The van der Waals surface area contributed by atoms with Crippen LogP contribution in [0.1, 0.15) is 51.5 Å². The van der Waals surface area contributed by atoms with E-state index in [0.29, 0.717) is 17.8 Å². The predicted molar refractivity (Wildman–Crippen MR) is 96.5 cm³/mol. The van der Waals surface area contributed by atoms with Gasteiger partial charge in [-0.05, 0) is 44.9 Å². The van der Waals surface area contributed by atoms with Gasteiger partial charge in [0.2, 0.25) is 0 Å². The minimum atomic E-state index is -2.77. The number of hydrogen-bond acceptors (Lipinski definition) is 2. The highest BCUT2D eigenvalue weighted by molar-refractivity contribution is 5.85. The maximum Gasteiger partial charge on any atom is 0.266 e. The Kier molecular flexibility index (Phi) is 7.27. The Morgan fingerprint density at radius 2 is 1.83 bits per heavy atom. The van der Waals surface area contributed by atoms with Crippen LogP contribution in [0.5, 0.6) is 0 Å². The van der Waals surface area contributed by atoms with E-state index >= 15 is 0 Å². The summed E-state index contributed by atoms with van der Waals surface area (Å²) in [5.41, 5.74) is 0.128. The molecule has 0 amide bonds. The number of alkyl halides is 2. The lowest BCUT2D eigenvalue weighted by Gasteiger charge is -2.52. The highest BCUT2D eigenvalue weighted by Gasteiger charge is 2.40. The smallest absolute Gasteiger partial charge is 0.266 e. The summed E-state index contributed by atoms with van der Waals surface area (Å²) in [7, 11) is 0. The molecule has 0 radical (unpaired) electrons. The number of halogens is 5. The summed E-state index contributed by atoms with van der Waals surface area (Å²) in [6, 6.07) is 4.84. The SMILES string of the molecule is CC1(C)CN(c2ccc(C(F)F)c(F)c2)[C@@H]2CCCC[C@H]2N1.Cl.Cl. The van der Waals surface area contributed by atoms with E-state index < -0.39 is 17.8 Å². The summed E-state index contributed by atoms with van der Waals surface area (Å²) < 4.78 is 39.4. The quantitative estimate of drug-likeness (QED) is 0.762. The second-order valence-electron chi connectivity index (χ2n) is 7.12. The van der Waals surface area contributed by atoms with Gasteiger partial charge in [0.1, 0.15) is 5.82 Å². The number of benzene rings is 1. The van der Waals surface area contributed by atoms with E-state index in [1.54, 1.807) is 6.07 Å².